The molecule has 1 amide bonds. The van der Waals surface area contributed by atoms with Crippen LogP contribution in [0.3, 0.4) is 0 Å². The molecule has 0 fully saturated rings. The lowest BCUT2D eigenvalue weighted by atomic mass is 10.1. The summed E-state index contributed by atoms with van der Waals surface area (Å²) in [5.74, 6) is 0.441. The molecule has 3 aromatic rings. The highest BCUT2D eigenvalue weighted by atomic mass is 16.6. The topological polar surface area (TPSA) is 90.7 Å². The van der Waals surface area contributed by atoms with Gasteiger partial charge in [0.05, 0.1) is 17.7 Å². The molecule has 0 aliphatic heterocycles. The van der Waals surface area contributed by atoms with E-state index in [-0.39, 0.29) is 11.4 Å². The summed E-state index contributed by atoms with van der Waals surface area (Å²) in [6.07, 6.45) is -0.810. The highest BCUT2D eigenvalue weighted by molar-refractivity contribution is 5.96. The number of benzene rings is 3. The number of anilines is 1. The van der Waals surface area contributed by atoms with Crippen LogP contribution < -0.4 is 14.8 Å². The van der Waals surface area contributed by atoms with Crippen molar-refractivity contribution >= 4 is 28.1 Å². The number of methoxy groups -OCH3 is 1. The minimum atomic E-state index is -0.810. The first-order valence-electron chi connectivity index (χ1n) is 8.26. The van der Waals surface area contributed by atoms with Crippen molar-refractivity contribution in [3.05, 3.63) is 70.8 Å². The quantitative estimate of drug-likeness (QED) is 0.522. The maximum atomic E-state index is 12.5. The second kappa shape index (κ2) is 7.74. The normalized spacial score (nSPS) is 11.6. The van der Waals surface area contributed by atoms with Crippen molar-refractivity contribution in [3.63, 3.8) is 0 Å². The summed E-state index contributed by atoms with van der Waals surface area (Å²) >= 11 is 0. The van der Waals surface area contributed by atoms with Crippen LogP contribution in [0.1, 0.15) is 6.92 Å². The van der Waals surface area contributed by atoms with Gasteiger partial charge in [-0.15, -0.1) is 0 Å². The Bertz CT molecular complexity index is 1000. The van der Waals surface area contributed by atoms with Crippen molar-refractivity contribution in [1.82, 2.24) is 0 Å². The summed E-state index contributed by atoms with van der Waals surface area (Å²) in [6.45, 7) is 1.61. The first kappa shape index (κ1) is 18.2. The van der Waals surface area contributed by atoms with Crippen LogP contribution >= 0.6 is 0 Å². The molecule has 0 aliphatic rings. The second-order valence-corrected chi connectivity index (χ2v) is 5.90. The molecule has 138 valence electrons. The molecule has 0 saturated carbocycles. The summed E-state index contributed by atoms with van der Waals surface area (Å²) in [4.78, 5) is 22.9. The van der Waals surface area contributed by atoms with Crippen molar-refractivity contribution in [2.45, 2.75) is 13.0 Å². The lowest BCUT2D eigenvalue weighted by Gasteiger charge is -2.16. The fraction of sp³-hybridized carbons (Fsp3) is 0.150. The number of ether oxygens (including phenoxy) is 2. The molecule has 7 heteroatoms. The van der Waals surface area contributed by atoms with Crippen LogP contribution in [0.2, 0.25) is 0 Å². The van der Waals surface area contributed by atoms with Gasteiger partial charge in [-0.1, -0.05) is 30.3 Å². The minimum Gasteiger partial charge on any atom is -0.495 e. The average Bonchev–Trinajstić information content (AvgIpc) is 2.67. The predicted molar refractivity (Wildman–Crippen MR) is 102 cm³/mol. The summed E-state index contributed by atoms with van der Waals surface area (Å²) < 4.78 is 10.9. The molecule has 0 bridgehead atoms. The fourth-order valence-corrected chi connectivity index (χ4v) is 2.64. The number of carbonyl (C=O) groups is 1. The average molecular weight is 366 g/mol. The van der Waals surface area contributed by atoms with Gasteiger partial charge in [0.1, 0.15) is 11.5 Å². The molecule has 7 nitrogen and oxygen atoms in total. The monoisotopic (exact) mass is 366 g/mol. The van der Waals surface area contributed by atoms with Gasteiger partial charge in [0.2, 0.25) is 0 Å². The maximum absolute atomic E-state index is 12.5. The zero-order valence-electron chi connectivity index (χ0n) is 14.8. The number of nitrogens with one attached hydrogen (secondary N) is 1. The molecule has 3 aromatic carbocycles. The Morgan fingerprint density at radius 2 is 1.81 bits per heavy atom. The van der Waals surface area contributed by atoms with Gasteiger partial charge in [-0.05, 0) is 35.9 Å². The predicted octanol–water partition coefficient (Wildman–Crippen LogP) is 4.16. The summed E-state index contributed by atoms with van der Waals surface area (Å²) in [6, 6.07) is 17.4. The van der Waals surface area contributed by atoms with E-state index in [1.807, 2.05) is 36.4 Å². The third-order valence-corrected chi connectivity index (χ3v) is 4.05. The Kier molecular flexibility index (Phi) is 5.21. The lowest BCUT2D eigenvalue weighted by molar-refractivity contribution is -0.384. The van der Waals surface area contributed by atoms with Gasteiger partial charge in [0, 0.05) is 12.1 Å². The Morgan fingerprint density at radius 3 is 2.52 bits per heavy atom. The number of fused-ring (bicyclic) bond motifs is 1. The van der Waals surface area contributed by atoms with Gasteiger partial charge in [-0.3, -0.25) is 14.9 Å². The minimum absolute atomic E-state index is 0.144. The van der Waals surface area contributed by atoms with Crippen LogP contribution in [0.4, 0.5) is 11.4 Å². The van der Waals surface area contributed by atoms with Gasteiger partial charge < -0.3 is 14.8 Å². The van der Waals surface area contributed by atoms with Crippen molar-refractivity contribution in [3.8, 4) is 11.5 Å². The molecular weight excluding hydrogens is 348 g/mol. The molecule has 3 rings (SSSR count). The molecule has 27 heavy (non-hydrogen) atoms. The molecule has 1 N–H and O–H groups in total. The number of rotatable bonds is 6. The number of hydrogen-bond donors (Lipinski definition) is 1. The SMILES string of the molecule is COc1ccc([N+](=O)[O-])cc1NC(=O)[C@@H](C)Oc1ccc2ccccc2c1. The Labute approximate surface area is 155 Å². The van der Waals surface area contributed by atoms with Gasteiger partial charge in [-0.25, -0.2) is 0 Å². The Morgan fingerprint density at radius 1 is 1.07 bits per heavy atom. The van der Waals surface area contributed by atoms with Crippen molar-refractivity contribution in [2.24, 2.45) is 0 Å². The first-order chi connectivity index (χ1) is 13.0. The maximum Gasteiger partial charge on any atom is 0.271 e. The van der Waals surface area contributed by atoms with E-state index >= 15 is 0 Å². The number of non-ortho nitro benzene ring substituents is 1. The van der Waals surface area contributed by atoms with E-state index in [1.54, 1.807) is 13.0 Å². The molecule has 0 aliphatic carbocycles. The van der Waals surface area contributed by atoms with Crippen molar-refractivity contribution in [1.29, 1.82) is 0 Å². The third kappa shape index (κ3) is 4.14. The zero-order chi connectivity index (χ0) is 19.4. The number of nitro benzene ring substituents is 1. The van der Waals surface area contributed by atoms with Crippen LogP contribution in [0, 0.1) is 10.1 Å². The summed E-state index contributed by atoms with van der Waals surface area (Å²) in [5.41, 5.74) is 0.0693. The number of nitro groups is 1. The second-order valence-electron chi connectivity index (χ2n) is 5.90. The molecule has 0 radical (unpaired) electrons. The Hall–Kier alpha value is -3.61. The van der Waals surface area contributed by atoms with Gasteiger partial charge >= 0.3 is 0 Å². The number of amides is 1. The molecule has 0 saturated heterocycles. The number of nitrogens with zero attached hydrogens (tertiary/aromatic N) is 1. The van der Waals surface area contributed by atoms with E-state index in [2.05, 4.69) is 5.32 Å². The molecular formula is C20H18N2O5. The zero-order valence-corrected chi connectivity index (χ0v) is 14.8. The molecule has 1 atom stereocenters. The van der Waals surface area contributed by atoms with Gasteiger partial charge in [0.15, 0.2) is 6.10 Å². The van der Waals surface area contributed by atoms with Crippen LogP contribution in [-0.4, -0.2) is 24.0 Å². The van der Waals surface area contributed by atoms with Gasteiger partial charge in [-0.2, -0.15) is 0 Å². The van der Waals surface area contributed by atoms with E-state index < -0.39 is 16.9 Å². The van der Waals surface area contributed by atoms with E-state index in [0.717, 1.165) is 10.8 Å². The van der Waals surface area contributed by atoms with E-state index in [1.165, 1.54) is 25.3 Å². The highest BCUT2D eigenvalue weighted by Gasteiger charge is 2.19. The summed E-state index contributed by atoms with van der Waals surface area (Å²) in [5, 5.41) is 15.6. The Balaban J connectivity index is 1.75. The third-order valence-electron chi connectivity index (χ3n) is 4.05. The fourth-order valence-electron chi connectivity index (χ4n) is 2.64. The lowest BCUT2D eigenvalue weighted by Crippen LogP contribution is -2.30. The van der Waals surface area contributed by atoms with Crippen LogP contribution in [0.5, 0.6) is 11.5 Å². The van der Waals surface area contributed by atoms with Crippen LogP contribution in [0.15, 0.2) is 60.7 Å². The molecule has 0 heterocycles. The molecule has 0 spiro atoms. The number of hydrogen-bond acceptors (Lipinski definition) is 5. The van der Waals surface area contributed by atoms with Crippen LogP contribution in [-0.2, 0) is 4.79 Å². The molecule has 0 unspecified atom stereocenters. The molecule has 0 aromatic heterocycles. The van der Waals surface area contributed by atoms with E-state index in [4.69, 9.17) is 9.47 Å². The van der Waals surface area contributed by atoms with Crippen LogP contribution in [0.25, 0.3) is 10.8 Å². The standard InChI is InChI=1S/C20H18N2O5/c1-13(27-17-9-7-14-5-3-4-6-15(14)11-17)20(23)21-18-12-16(22(24)25)8-10-19(18)26-2/h3-13H,1-2H3,(H,21,23)/t13-/m1/s1. The van der Waals surface area contributed by atoms with Crippen molar-refractivity contribution in [2.75, 3.05) is 12.4 Å². The first-order valence-corrected chi connectivity index (χ1v) is 8.26. The van der Waals surface area contributed by atoms with Gasteiger partial charge in [0.25, 0.3) is 11.6 Å². The largest absolute Gasteiger partial charge is 0.495 e. The highest BCUT2D eigenvalue weighted by Crippen LogP contribution is 2.29. The van der Waals surface area contributed by atoms with E-state index in [9.17, 15) is 14.9 Å². The van der Waals surface area contributed by atoms with Crippen molar-refractivity contribution < 1.29 is 19.2 Å². The summed E-state index contributed by atoms with van der Waals surface area (Å²) in [7, 11) is 1.42. The number of carbonyl (C=O) groups excluding carboxylic acids is 1. The smallest absolute Gasteiger partial charge is 0.271 e. The van der Waals surface area contributed by atoms with E-state index in [0.29, 0.717) is 11.5 Å².